The number of sulfonamides is 1. The first-order chi connectivity index (χ1) is 15.2. The van der Waals surface area contributed by atoms with Crippen molar-refractivity contribution >= 4 is 33.4 Å². The van der Waals surface area contributed by atoms with Crippen molar-refractivity contribution in [2.24, 2.45) is 5.92 Å². The number of benzene rings is 2. The summed E-state index contributed by atoms with van der Waals surface area (Å²) in [5, 5.41) is 4.96. The predicted octanol–water partition coefficient (Wildman–Crippen LogP) is 2.57. The number of carbonyl (C=O) groups excluding carboxylic acids is 2. The van der Waals surface area contributed by atoms with Crippen LogP contribution in [0.4, 0.5) is 8.78 Å². The van der Waals surface area contributed by atoms with E-state index in [-0.39, 0.29) is 53.5 Å². The normalized spacial score (nSPS) is 15.3. The molecule has 0 aromatic heterocycles. The molecule has 1 heterocycles. The molecule has 2 N–H and O–H groups in total. The van der Waals surface area contributed by atoms with E-state index in [1.165, 1.54) is 22.5 Å². The lowest BCUT2D eigenvalue weighted by Crippen LogP contribution is -2.44. The Morgan fingerprint density at radius 2 is 1.66 bits per heavy atom. The Balaban J connectivity index is 1.44. The van der Waals surface area contributed by atoms with Crippen molar-refractivity contribution in [2.45, 2.75) is 17.7 Å². The van der Waals surface area contributed by atoms with E-state index in [0.717, 1.165) is 18.2 Å². The van der Waals surface area contributed by atoms with E-state index in [0.29, 0.717) is 12.8 Å². The molecular weight excluding hydrogens is 464 g/mol. The van der Waals surface area contributed by atoms with Gasteiger partial charge >= 0.3 is 0 Å². The highest BCUT2D eigenvalue weighted by Crippen LogP contribution is 2.26. The van der Waals surface area contributed by atoms with Gasteiger partial charge in [0.25, 0.3) is 5.91 Å². The lowest BCUT2D eigenvalue weighted by atomic mass is 9.97. The average molecular weight is 486 g/mol. The summed E-state index contributed by atoms with van der Waals surface area (Å²) in [6.45, 7) is 0.557. The Bertz CT molecular complexity index is 1110. The fraction of sp³-hybridized carbons (Fsp3) is 0.333. The van der Waals surface area contributed by atoms with E-state index >= 15 is 0 Å². The van der Waals surface area contributed by atoms with E-state index in [2.05, 4.69) is 10.6 Å². The van der Waals surface area contributed by atoms with Crippen LogP contribution in [0.5, 0.6) is 0 Å². The van der Waals surface area contributed by atoms with Crippen LogP contribution in [-0.2, 0) is 14.8 Å². The lowest BCUT2D eigenvalue weighted by molar-refractivity contribution is -0.126. The molecule has 0 atom stereocenters. The number of amides is 2. The smallest absolute Gasteiger partial charge is 0.254 e. The van der Waals surface area contributed by atoms with Crippen LogP contribution < -0.4 is 10.6 Å². The van der Waals surface area contributed by atoms with Gasteiger partial charge in [-0.25, -0.2) is 17.2 Å². The quantitative estimate of drug-likeness (QED) is 0.589. The summed E-state index contributed by atoms with van der Waals surface area (Å²) in [7, 11) is -3.84. The molecule has 0 radical (unpaired) electrons. The summed E-state index contributed by atoms with van der Waals surface area (Å²) in [5.74, 6) is -2.52. The zero-order chi connectivity index (χ0) is 23.3. The Hall–Kier alpha value is -2.56. The Morgan fingerprint density at radius 1 is 1.00 bits per heavy atom. The summed E-state index contributed by atoms with van der Waals surface area (Å²) in [4.78, 5) is 24.2. The van der Waals surface area contributed by atoms with Crippen LogP contribution in [0.15, 0.2) is 47.4 Å². The summed E-state index contributed by atoms with van der Waals surface area (Å²) < 4.78 is 53.6. The van der Waals surface area contributed by atoms with Gasteiger partial charge in [0.2, 0.25) is 15.9 Å². The molecule has 0 unspecified atom stereocenters. The molecule has 7 nitrogen and oxygen atoms in total. The molecule has 0 saturated carbocycles. The second-order valence-corrected chi connectivity index (χ2v) is 9.63. The van der Waals surface area contributed by atoms with Crippen LogP contribution in [0.3, 0.4) is 0 Å². The van der Waals surface area contributed by atoms with E-state index in [4.69, 9.17) is 11.6 Å². The molecule has 0 bridgehead atoms. The highest BCUT2D eigenvalue weighted by atomic mass is 35.5. The van der Waals surface area contributed by atoms with Crippen molar-refractivity contribution in [1.29, 1.82) is 0 Å². The first kappa shape index (κ1) is 24.1. The van der Waals surface area contributed by atoms with Gasteiger partial charge in [0.05, 0.1) is 15.5 Å². The number of halogens is 3. The van der Waals surface area contributed by atoms with Gasteiger partial charge in [0, 0.05) is 32.1 Å². The highest BCUT2D eigenvalue weighted by Gasteiger charge is 2.32. The van der Waals surface area contributed by atoms with Crippen molar-refractivity contribution in [3.63, 3.8) is 0 Å². The molecule has 2 aromatic rings. The van der Waals surface area contributed by atoms with Crippen LogP contribution in [0.1, 0.15) is 23.2 Å². The summed E-state index contributed by atoms with van der Waals surface area (Å²) in [5.41, 5.74) is -0.0742. The SMILES string of the molecule is O=C(NCCNC(=O)C1CCN(S(=O)(=O)c2ccc(F)c(Cl)c2)CC1)c1ccccc1F. The van der Waals surface area contributed by atoms with E-state index in [1.54, 1.807) is 6.07 Å². The minimum absolute atomic E-state index is 0.0742. The second kappa shape index (κ2) is 10.4. The third-order valence-electron chi connectivity index (χ3n) is 5.18. The number of hydrogen-bond donors (Lipinski definition) is 2. The molecule has 172 valence electrons. The zero-order valence-electron chi connectivity index (χ0n) is 17.0. The number of nitrogens with one attached hydrogen (secondary N) is 2. The highest BCUT2D eigenvalue weighted by molar-refractivity contribution is 7.89. The molecule has 2 amide bonds. The van der Waals surface area contributed by atoms with Gasteiger partial charge in [-0.05, 0) is 43.2 Å². The number of carbonyl (C=O) groups is 2. The van der Waals surface area contributed by atoms with Crippen LogP contribution in [0, 0.1) is 17.6 Å². The molecular formula is C21H22ClF2N3O4S. The molecule has 1 fully saturated rings. The molecule has 1 saturated heterocycles. The standard InChI is InChI=1S/C21H22ClF2N3O4S/c22-17-13-15(5-6-19(17)24)32(30,31)27-11-7-14(8-12-27)20(28)25-9-10-26-21(29)16-3-1-2-4-18(16)23/h1-6,13-14H,7-12H2,(H,25,28)(H,26,29). The minimum atomic E-state index is -3.84. The van der Waals surface area contributed by atoms with Crippen molar-refractivity contribution in [2.75, 3.05) is 26.2 Å². The predicted molar refractivity (Wildman–Crippen MR) is 115 cm³/mol. The Morgan fingerprint density at radius 3 is 2.31 bits per heavy atom. The summed E-state index contributed by atoms with van der Waals surface area (Å²) in [6, 6.07) is 8.82. The van der Waals surface area contributed by atoms with Gasteiger partial charge in [-0.15, -0.1) is 0 Å². The van der Waals surface area contributed by atoms with Crippen molar-refractivity contribution < 1.29 is 26.8 Å². The molecule has 0 aliphatic carbocycles. The zero-order valence-corrected chi connectivity index (χ0v) is 18.6. The Labute approximate surface area is 189 Å². The fourth-order valence-corrected chi connectivity index (χ4v) is 5.13. The molecule has 3 rings (SSSR count). The molecule has 11 heteroatoms. The fourth-order valence-electron chi connectivity index (χ4n) is 3.39. The van der Waals surface area contributed by atoms with Crippen molar-refractivity contribution in [3.05, 3.63) is 64.7 Å². The second-order valence-electron chi connectivity index (χ2n) is 7.28. The third kappa shape index (κ3) is 5.62. The number of hydrogen-bond acceptors (Lipinski definition) is 4. The van der Waals surface area contributed by atoms with E-state index in [1.807, 2.05) is 0 Å². The van der Waals surface area contributed by atoms with E-state index in [9.17, 15) is 26.8 Å². The number of nitrogens with zero attached hydrogens (tertiary/aromatic N) is 1. The van der Waals surface area contributed by atoms with Crippen LogP contribution in [-0.4, -0.2) is 50.7 Å². The van der Waals surface area contributed by atoms with Gasteiger partial charge in [0.1, 0.15) is 11.6 Å². The molecule has 1 aliphatic rings. The van der Waals surface area contributed by atoms with Gasteiger partial charge < -0.3 is 10.6 Å². The van der Waals surface area contributed by atoms with Gasteiger partial charge in [-0.3, -0.25) is 9.59 Å². The van der Waals surface area contributed by atoms with Crippen molar-refractivity contribution in [3.8, 4) is 0 Å². The van der Waals surface area contributed by atoms with Crippen LogP contribution in [0.2, 0.25) is 5.02 Å². The van der Waals surface area contributed by atoms with E-state index < -0.39 is 27.6 Å². The molecule has 0 spiro atoms. The summed E-state index contributed by atoms with van der Waals surface area (Å²) >= 11 is 5.69. The topological polar surface area (TPSA) is 95.6 Å². The van der Waals surface area contributed by atoms with Crippen LogP contribution in [0.25, 0.3) is 0 Å². The average Bonchev–Trinajstić information content (AvgIpc) is 2.78. The number of rotatable bonds is 7. The first-order valence-corrected chi connectivity index (χ1v) is 11.8. The largest absolute Gasteiger partial charge is 0.354 e. The first-order valence-electron chi connectivity index (χ1n) is 9.96. The number of piperidine rings is 1. The maximum absolute atomic E-state index is 13.6. The van der Waals surface area contributed by atoms with Crippen molar-refractivity contribution in [1.82, 2.24) is 14.9 Å². The molecule has 32 heavy (non-hydrogen) atoms. The maximum Gasteiger partial charge on any atom is 0.254 e. The summed E-state index contributed by atoms with van der Waals surface area (Å²) in [6.07, 6.45) is 0.642. The third-order valence-corrected chi connectivity index (χ3v) is 7.37. The molecule has 2 aromatic carbocycles. The van der Waals surface area contributed by atoms with Crippen LogP contribution >= 0.6 is 11.6 Å². The lowest BCUT2D eigenvalue weighted by Gasteiger charge is -2.30. The van der Waals surface area contributed by atoms with Gasteiger partial charge in [0.15, 0.2) is 0 Å². The van der Waals surface area contributed by atoms with Gasteiger partial charge in [-0.1, -0.05) is 23.7 Å². The molecule has 1 aliphatic heterocycles. The Kier molecular flexibility index (Phi) is 7.81. The monoisotopic (exact) mass is 485 g/mol. The van der Waals surface area contributed by atoms with Gasteiger partial charge in [-0.2, -0.15) is 4.31 Å². The maximum atomic E-state index is 13.6. The minimum Gasteiger partial charge on any atom is -0.354 e.